The second-order valence-corrected chi connectivity index (χ2v) is 6.38. The molecule has 0 atom stereocenters. The molecule has 23 heavy (non-hydrogen) atoms. The third-order valence-electron chi connectivity index (χ3n) is 4.45. The third-order valence-corrected chi connectivity index (χ3v) is 4.45. The van der Waals surface area contributed by atoms with Gasteiger partial charge in [0.25, 0.3) is 0 Å². The molecule has 1 aromatic carbocycles. The number of nitrogens with one attached hydrogen (secondary N) is 1. The maximum Gasteiger partial charge on any atom is 0.317 e. The molecule has 1 aromatic rings. The number of para-hydroxylation sites is 1. The van der Waals surface area contributed by atoms with Gasteiger partial charge >= 0.3 is 6.03 Å². The zero-order valence-corrected chi connectivity index (χ0v) is 14.6. The first-order valence-corrected chi connectivity index (χ1v) is 9.10. The molecule has 1 heterocycles. The zero-order chi connectivity index (χ0) is 16.5. The smallest absolute Gasteiger partial charge is 0.317 e. The van der Waals surface area contributed by atoms with E-state index in [4.69, 9.17) is 0 Å². The molecule has 1 saturated heterocycles. The summed E-state index contributed by atoms with van der Waals surface area (Å²) in [5.74, 6) is 0. The summed E-state index contributed by atoms with van der Waals surface area (Å²) in [6.45, 7) is 7.91. The van der Waals surface area contributed by atoms with Gasteiger partial charge in [-0.15, -0.1) is 0 Å². The number of anilines is 1. The topological polar surface area (TPSA) is 35.6 Å². The van der Waals surface area contributed by atoms with Crippen LogP contribution in [0.2, 0.25) is 0 Å². The molecule has 1 fully saturated rings. The van der Waals surface area contributed by atoms with Crippen molar-refractivity contribution in [3.8, 4) is 0 Å². The average Bonchev–Trinajstić information content (AvgIpc) is 2.53. The summed E-state index contributed by atoms with van der Waals surface area (Å²) < 4.78 is 0. The molecule has 0 bridgehead atoms. The average molecular weight is 317 g/mol. The minimum atomic E-state index is 0.0993. The van der Waals surface area contributed by atoms with Crippen molar-refractivity contribution in [2.24, 2.45) is 0 Å². The first-order valence-electron chi connectivity index (χ1n) is 9.10. The molecule has 2 rings (SSSR count). The molecule has 0 radical (unpaired) electrons. The van der Waals surface area contributed by atoms with Gasteiger partial charge in [-0.05, 0) is 25.0 Å². The number of hydrogen-bond donors (Lipinski definition) is 1. The largest absolute Gasteiger partial charge is 0.365 e. The Balaban J connectivity index is 1.74. The van der Waals surface area contributed by atoms with Gasteiger partial charge in [-0.3, -0.25) is 0 Å². The highest BCUT2D eigenvalue weighted by atomic mass is 16.2. The van der Waals surface area contributed by atoms with Crippen molar-refractivity contribution in [2.75, 3.05) is 31.1 Å². The summed E-state index contributed by atoms with van der Waals surface area (Å²) in [6.07, 6.45) is 5.90. The Hall–Kier alpha value is -1.71. The van der Waals surface area contributed by atoms with E-state index in [2.05, 4.69) is 48.3 Å². The molecule has 2 amide bonds. The molecule has 1 aliphatic heterocycles. The van der Waals surface area contributed by atoms with Gasteiger partial charge in [0.2, 0.25) is 0 Å². The van der Waals surface area contributed by atoms with Gasteiger partial charge in [0.1, 0.15) is 0 Å². The van der Waals surface area contributed by atoms with E-state index in [9.17, 15) is 4.79 Å². The Kier molecular flexibility index (Phi) is 7.24. The summed E-state index contributed by atoms with van der Waals surface area (Å²) in [7, 11) is 0. The van der Waals surface area contributed by atoms with Gasteiger partial charge in [0.15, 0.2) is 0 Å². The second-order valence-electron chi connectivity index (χ2n) is 6.38. The lowest BCUT2D eigenvalue weighted by atomic mass is 10.1. The minimum absolute atomic E-state index is 0.0993. The van der Waals surface area contributed by atoms with Crippen molar-refractivity contribution < 1.29 is 4.79 Å². The second kappa shape index (κ2) is 9.43. The molecule has 4 heteroatoms. The number of amides is 2. The van der Waals surface area contributed by atoms with Crippen LogP contribution in [0.3, 0.4) is 0 Å². The fourth-order valence-electron chi connectivity index (χ4n) is 3.06. The van der Waals surface area contributed by atoms with Crippen molar-refractivity contribution in [3.63, 3.8) is 0 Å². The first-order chi connectivity index (χ1) is 11.3. The quantitative estimate of drug-likeness (QED) is 0.702. The molecule has 0 spiro atoms. The van der Waals surface area contributed by atoms with Crippen molar-refractivity contribution in [3.05, 3.63) is 30.3 Å². The van der Waals surface area contributed by atoms with E-state index in [0.717, 1.165) is 39.0 Å². The summed E-state index contributed by atoms with van der Waals surface area (Å²) >= 11 is 0. The van der Waals surface area contributed by atoms with Crippen LogP contribution in [0.15, 0.2) is 30.3 Å². The number of rotatable bonds is 9. The van der Waals surface area contributed by atoms with Crippen LogP contribution in [-0.2, 0) is 0 Å². The maximum absolute atomic E-state index is 12.1. The van der Waals surface area contributed by atoms with Crippen LogP contribution in [0.1, 0.15) is 46.0 Å². The Labute approximate surface area is 140 Å². The highest BCUT2D eigenvalue weighted by molar-refractivity contribution is 5.75. The van der Waals surface area contributed by atoms with E-state index in [-0.39, 0.29) is 6.03 Å². The lowest BCUT2D eigenvalue weighted by Gasteiger charge is -2.46. The number of urea groups is 1. The van der Waals surface area contributed by atoms with Crippen molar-refractivity contribution >= 4 is 11.7 Å². The van der Waals surface area contributed by atoms with Crippen LogP contribution in [0.5, 0.6) is 0 Å². The Morgan fingerprint density at radius 3 is 2.52 bits per heavy atom. The molecule has 0 aliphatic carbocycles. The predicted octanol–water partition coefficient (Wildman–Crippen LogP) is 3.88. The van der Waals surface area contributed by atoms with Crippen LogP contribution in [0.4, 0.5) is 10.5 Å². The van der Waals surface area contributed by atoms with Gasteiger partial charge in [-0.25, -0.2) is 4.79 Å². The number of nitrogens with zero attached hydrogens (tertiary/aromatic N) is 2. The van der Waals surface area contributed by atoms with Crippen LogP contribution in [-0.4, -0.2) is 43.2 Å². The van der Waals surface area contributed by atoms with Gasteiger partial charge in [0, 0.05) is 31.9 Å². The van der Waals surface area contributed by atoms with Gasteiger partial charge in [0.05, 0.1) is 6.04 Å². The predicted molar refractivity (Wildman–Crippen MR) is 97.0 cm³/mol. The van der Waals surface area contributed by atoms with Crippen molar-refractivity contribution in [1.82, 2.24) is 10.2 Å². The monoisotopic (exact) mass is 317 g/mol. The summed E-state index contributed by atoms with van der Waals surface area (Å²) in [5.41, 5.74) is 1.26. The highest BCUT2D eigenvalue weighted by Gasteiger charge is 2.34. The van der Waals surface area contributed by atoms with E-state index in [1.807, 2.05) is 11.0 Å². The number of benzene rings is 1. The van der Waals surface area contributed by atoms with Crippen LogP contribution < -0.4 is 10.2 Å². The molecule has 0 aromatic heterocycles. The fourth-order valence-corrected chi connectivity index (χ4v) is 3.06. The lowest BCUT2D eigenvalue weighted by Crippen LogP contribution is -2.63. The number of hydrogen-bond acceptors (Lipinski definition) is 2. The molecule has 0 saturated carbocycles. The Morgan fingerprint density at radius 1 is 1.13 bits per heavy atom. The molecule has 1 N–H and O–H groups in total. The molecular weight excluding hydrogens is 286 g/mol. The summed E-state index contributed by atoms with van der Waals surface area (Å²) in [6, 6.07) is 11.1. The number of likely N-dealkylation sites (tertiary alicyclic amines) is 1. The number of carbonyl (C=O) groups excluding carboxylic acids is 1. The van der Waals surface area contributed by atoms with Crippen molar-refractivity contribution in [2.45, 2.75) is 52.0 Å². The van der Waals surface area contributed by atoms with Crippen LogP contribution in [0, 0.1) is 0 Å². The normalized spacial score (nSPS) is 14.4. The SMILES string of the molecule is CCCCCCNC(=O)N1CC(N(CCC)c2ccccc2)C1. The van der Waals surface area contributed by atoms with Crippen LogP contribution >= 0.6 is 0 Å². The fraction of sp³-hybridized carbons (Fsp3) is 0.632. The van der Waals surface area contributed by atoms with E-state index >= 15 is 0 Å². The first kappa shape index (κ1) is 17.6. The van der Waals surface area contributed by atoms with E-state index in [0.29, 0.717) is 6.04 Å². The zero-order valence-electron chi connectivity index (χ0n) is 14.6. The number of carbonyl (C=O) groups is 1. The molecule has 4 nitrogen and oxygen atoms in total. The highest BCUT2D eigenvalue weighted by Crippen LogP contribution is 2.23. The minimum Gasteiger partial charge on any atom is -0.365 e. The van der Waals surface area contributed by atoms with Crippen LogP contribution in [0.25, 0.3) is 0 Å². The van der Waals surface area contributed by atoms with Gasteiger partial charge in [-0.2, -0.15) is 0 Å². The molecule has 128 valence electrons. The molecular formula is C19H31N3O. The standard InChI is InChI=1S/C19H31N3O/c1-3-5-6-10-13-20-19(23)21-15-18(16-21)22(14-4-2)17-11-8-7-9-12-17/h7-9,11-12,18H,3-6,10,13-16H2,1-2H3,(H,20,23). The lowest BCUT2D eigenvalue weighted by molar-refractivity contribution is 0.148. The Morgan fingerprint density at radius 2 is 1.87 bits per heavy atom. The van der Waals surface area contributed by atoms with Crippen molar-refractivity contribution in [1.29, 1.82) is 0 Å². The van der Waals surface area contributed by atoms with Gasteiger partial charge in [-0.1, -0.05) is 51.3 Å². The summed E-state index contributed by atoms with van der Waals surface area (Å²) in [4.78, 5) is 16.5. The van der Waals surface area contributed by atoms with Gasteiger partial charge < -0.3 is 15.1 Å². The molecule has 0 unspecified atom stereocenters. The molecule has 1 aliphatic rings. The summed E-state index contributed by atoms with van der Waals surface area (Å²) in [5, 5.41) is 3.04. The van der Waals surface area contributed by atoms with E-state index < -0.39 is 0 Å². The van der Waals surface area contributed by atoms with E-state index in [1.54, 1.807) is 0 Å². The maximum atomic E-state index is 12.1. The Bertz CT molecular complexity index is 457. The third kappa shape index (κ3) is 5.15. The van der Waals surface area contributed by atoms with E-state index in [1.165, 1.54) is 24.9 Å². The number of unbranched alkanes of at least 4 members (excludes halogenated alkanes) is 3.